The third kappa shape index (κ3) is 2.88. The van der Waals surface area contributed by atoms with Crippen LogP contribution in [0.15, 0.2) is 22.8 Å². The second kappa shape index (κ2) is 6.09. The average Bonchev–Trinajstić information content (AvgIpc) is 2.73. The summed E-state index contributed by atoms with van der Waals surface area (Å²) >= 11 is 0. The molecule has 0 aliphatic heterocycles. The van der Waals surface area contributed by atoms with Crippen LogP contribution in [0.25, 0.3) is 0 Å². The summed E-state index contributed by atoms with van der Waals surface area (Å²) in [7, 11) is 0. The predicted octanol–water partition coefficient (Wildman–Crippen LogP) is 3.70. The van der Waals surface area contributed by atoms with Crippen LogP contribution >= 0.6 is 0 Å². The molecule has 1 aliphatic rings. The van der Waals surface area contributed by atoms with Crippen molar-refractivity contribution in [2.45, 2.75) is 57.4 Å². The summed E-state index contributed by atoms with van der Waals surface area (Å²) in [4.78, 5) is 0. The van der Waals surface area contributed by atoms with Crippen molar-refractivity contribution in [2.75, 3.05) is 6.54 Å². The van der Waals surface area contributed by atoms with Gasteiger partial charge >= 0.3 is 0 Å². The van der Waals surface area contributed by atoms with Crippen LogP contribution in [0.5, 0.6) is 0 Å². The van der Waals surface area contributed by atoms with Gasteiger partial charge in [-0.1, -0.05) is 26.2 Å². The predicted molar refractivity (Wildman–Crippen MR) is 66.6 cm³/mol. The van der Waals surface area contributed by atoms with Crippen LogP contribution in [-0.2, 0) is 0 Å². The highest BCUT2D eigenvalue weighted by molar-refractivity contribution is 5.09. The first-order valence-corrected chi connectivity index (χ1v) is 6.68. The van der Waals surface area contributed by atoms with E-state index in [4.69, 9.17) is 4.42 Å². The fourth-order valence-corrected chi connectivity index (χ4v) is 2.72. The third-order valence-corrected chi connectivity index (χ3v) is 3.58. The maximum Gasteiger partial charge on any atom is 0.108 e. The average molecular weight is 221 g/mol. The maximum atomic E-state index is 5.60. The third-order valence-electron chi connectivity index (χ3n) is 3.58. The molecule has 2 atom stereocenters. The van der Waals surface area contributed by atoms with E-state index in [0.29, 0.717) is 12.0 Å². The highest BCUT2D eigenvalue weighted by Gasteiger charge is 2.26. The Kier molecular flexibility index (Phi) is 4.46. The van der Waals surface area contributed by atoms with Crippen molar-refractivity contribution >= 4 is 0 Å². The van der Waals surface area contributed by atoms with Gasteiger partial charge in [-0.3, -0.25) is 0 Å². The molecule has 0 radical (unpaired) electrons. The fourth-order valence-electron chi connectivity index (χ4n) is 2.72. The minimum atomic E-state index is 0.587. The lowest BCUT2D eigenvalue weighted by Crippen LogP contribution is -2.34. The van der Waals surface area contributed by atoms with Crippen molar-refractivity contribution in [1.29, 1.82) is 0 Å². The van der Waals surface area contributed by atoms with E-state index in [1.807, 2.05) is 6.07 Å². The highest BCUT2D eigenvalue weighted by atomic mass is 16.3. The molecule has 2 heteroatoms. The Balaban J connectivity index is 2.04. The fraction of sp³-hybridized carbons (Fsp3) is 0.714. The van der Waals surface area contributed by atoms with Gasteiger partial charge in [0.25, 0.3) is 0 Å². The molecule has 1 aliphatic carbocycles. The van der Waals surface area contributed by atoms with E-state index in [-0.39, 0.29) is 0 Å². The van der Waals surface area contributed by atoms with E-state index in [1.165, 1.54) is 44.3 Å². The summed E-state index contributed by atoms with van der Waals surface area (Å²) in [5.74, 6) is 1.76. The highest BCUT2D eigenvalue weighted by Crippen LogP contribution is 2.32. The monoisotopic (exact) mass is 221 g/mol. The Morgan fingerprint density at radius 3 is 2.94 bits per heavy atom. The number of hydrogen-bond donors (Lipinski definition) is 1. The molecule has 0 aromatic carbocycles. The zero-order valence-electron chi connectivity index (χ0n) is 10.2. The van der Waals surface area contributed by atoms with Crippen LogP contribution in [0, 0.1) is 0 Å². The lowest BCUT2D eigenvalue weighted by Gasteiger charge is -2.24. The topological polar surface area (TPSA) is 25.2 Å². The first kappa shape index (κ1) is 11.7. The summed E-state index contributed by atoms with van der Waals surface area (Å²) < 4.78 is 5.60. The van der Waals surface area contributed by atoms with Gasteiger partial charge in [-0.05, 0) is 37.9 Å². The van der Waals surface area contributed by atoms with E-state index in [2.05, 4.69) is 18.3 Å². The Labute approximate surface area is 98.4 Å². The molecule has 1 aromatic rings. The molecule has 1 saturated carbocycles. The van der Waals surface area contributed by atoms with Crippen molar-refractivity contribution in [3.8, 4) is 0 Å². The summed E-state index contributed by atoms with van der Waals surface area (Å²) in [5.41, 5.74) is 0. The first-order valence-electron chi connectivity index (χ1n) is 6.68. The molecule has 1 heterocycles. The van der Waals surface area contributed by atoms with Crippen LogP contribution in [0.2, 0.25) is 0 Å². The summed E-state index contributed by atoms with van der Waals surface area (Å²) in [6, 6.07) is 4.77. The summed E-state index contributed by atoms with van der Waals surface area (Å²) in [5, 5.41) is 3.69. The SMILES string of the molecule is CCCNC1CCCCCC1c1ccco1. The molecule has 90 valence electrons. The summed E-state index contributed by atoms with van der Waals surface area (Å²) in [6.07, 6.45) is 9.66. The zero-order chi connectivity index (χ0) is 11.2. The largest absolute Gasteiger partial charge is 0.469 e. The minimum Gasteiger partial charge on any atom is -0.469 e. The van der Waals surface area contributed by atoms with Crippen LogP contribution < -0.4 is 5.32 Å². The zero-order valence-corrected chi connectivity index (χ0v) is 10.2. The van der Waals surface area contributed by atoms with Crippen LogP contribution in [-0.4, -0.2) is 12.6 Å². The van der Waals surface area contributed by atoms with Crippen molar-refractivity contribution in [3.05, 3.63) is 24.2 Å². The van der Waals surface area contributed by atoms with Crippen molar-refractivity contribution < 1.29 is 4.42 Å². The van der Waals surface area contributed by atoms with Crippen LogP contribution in [0.1, 0.15) is 57.1 Å². The standard InChI is InChI=1S/C14H23NO/c1-2-10-15-13-8-5-3-4-7-12(13)14-9-6-11-16-14/h6,9,11-13,15H,2-5,7-8,10H2,1H3. The number of hydrogen-bond acceptors (Lipinski definition) is 2. The molecule has 2 unspecified atom stereocenters. The van der Waals surface area contributed by atoms with Crippen molar-refractivity contribution in [2.24, 2.45) is 0 Å². The molecule has 2 rings (SSSR count). The molecule has 0 spiro atoms. The van der Waals surface area contributed by atoms with Gasteiger partial charge in [0.05, 0.1) is 6.26 Å². The second-order valence-corrected chi connectivity index (χ2v) is 4.82. The van der Waals surface area contributed by atoms with Gasteiger partial charge in [0.15, 0.2) is 0 Å². The Hall–Kier alpha value is -0.760. The van der Waals surface area contributed by atoms with Gasteiger partial charge in [0.1, 0.15) is 5.76 Å². The normalized spacial score (nSPS) is 26.6. The van der Waals surface area contributed by atoms with E-state index < -0.39 is 0 Å². The van der Waals surface area contributed by atoms with Gasteiger partial charge < -0.3 is 9.73 Å². The number of rotatable bonds is 4. The molecule has 0 bridgehead atoms. The van der Waals surface area contributed by atoms with Gasteiger partial charge in [-0.15, -0.1) is 0 Å². The first-order chi connectivity index (χ1) is 7.92. The Morgan fingerprint density at radius 2 is 2.19 bits per heavy atom. The van der Waals surface area contributed by atoms with Gasteiger partial charge in [0.2, 0.25) is 0 Å². The molecule has 0 amide bonds. The molecule has 16 heavy (non-hydrogen) atoms. The van der Waals surface area contributed by atoms with E-state index in [0.717, 1.165) is 6.54 Å². The van der Waals surface area contributed by atoms with E-state index in [1.54, 1.807) is 6.26 Å². The maximum absolute atomic E-state index is 5.60. The van der Waals surface area contributed by atoms with Crippen molar-refractivity contribution in [3.63, 3.8) is 0 Å². The van der Waals surface area contributed by atoms with Gasteiger partial charge in [-0.2, -0.15) is 0 Å². The molecule has 1 aromatic heterocycles. The number of nitrogens with one attached hydrogen (secondary N) is 1. The Morgan fingerprint density at radius 1 is 1.31 bits per heavy atom. The van der Waals surface area contributed by atoms with E-state index in [9.17, 15) is 0 Å². The van der Waals surface area contributed by atoms with Crippen LogP contribution in [0.3, 0.4) is 0 Å². The minimum absolute atomic E-state index is 0.587. The van der Waals surface area contributed by atoms with Gasteiger partial charge in [0, 0.05) is 12.0 Å². The number of furan rings is 1. The molecule has 0 saturated heterocycles. The van der Waals surface area contributed by atoms with E-state index >= 15 is 0 Å². The smallest absolute Gasteiger partial charge is 0.108 e. The molecular weight excluding hydrogens is 198 g/mol. The van der Waals surface area contributed by atoms with Gasteiger partial charge in [-0.25, -0.2) is 0 Å². The quantitative estimate of drug-likeness (QED) is 0.784. The van der Waals surface area contributed by atoms with Crippen LogP contribution in [0.4, 0.5) is 0 Å². The molecule has 2 nitrogen and oxygen atoms in total. The second-order valence-electron chi connectivity index (χ2n) is 4.82. The van der Waals surface area contributed by atoms with Crippen molar-refractivity contribution in [1.82, 2.24) is 5.32 Å². The summed E-state index contributed by atoms with van der Waals surface area (Å²) in [6.45, 7) is 3.35. The molecule has 1 fully saturated rings. The Bertz CT molecular complexity index is 281. The lowest BCUT2D eigenvalue weighted by atomic mass is 9.92. The molecule has 1 N–H and O–H groups in total. The lowest BCUT2D eigenvalue weighted by molar-refractivity contribution is 0.356. The molecular formula is C14H23NO.